The SMILES string of the molecule is CC(C)(C)c1cnnn1-c1ccc(NC(=O)c2cnc3n(c2=O)CCS3)cc1. The van der Waals surface area contributed by atoms with Gasteiger partial charge >= 0.3 is 0 Å². The van der Waals surface area contributed by atoms with E-state index in [1.165, 1.54) is 18.0 Å². The molecular formula is C19H20N6O2S. The lowest BCUT2D eigenvalue weighted by atomic mass is 9.92. The molecule has 0 aliphatic carbocycles. The van der Waals surface area contributed by atoms with E-state index in [-0.39, 0.29) is 16.5 Å². The van der Waals surface area contributed by atoms with Crippen molar-refractivity contribution in [2.24, 2.45) is 0 Å². The molecule has 0 unspecified atom stereocenters. The number of fused-ring (bicyclic) bond motifs is 1. The number of nitrogens with zero attached hydrogens (tertiary/aromatic N) is 5. The molecule has 144 valence electrons. The fourth-order valence-corrected chi connectivity index (χ4v) is 3.91. The van der Waals surface area contributed by atoms with Gasteiger partial charge in [-0.3, -0.25) is 14.2 Å². The highest BCUT2D eigenvalue weighted by Crippen LogP contribution is 2.24. The van der Waals surface area contributed by atoms with Crippen LogP contribution in [0.5, 0.6) is 0 Å². The largest absolute Gasteiger partial charge is 0.322 e. The van der Waals surface area contributed by atoms with E-state index in [1.54, 1.807) is 27.6 Å². The minimum atomic E-state index is -0.464. The first-order valence-corrected chi connectivity index (χ1v) is 9.89. The molecule has 8 nitrogen and oxygen atoms in total. The van der Waals surface area contributed by atoms with Crippen LogP contribution < -0.4 is 10.9 Å². The zero-order valence-electron chi connectivity index (χ0n) is 15.8. The van der Waals surface area contributed by atoms with Gasteiger partial charge < -0.3 is 5.32 Å². The first-order chi connectivity index (χ1) is 13.3. The van der Waals surface area contributed by atoms with Gasteiger partial charge in [0.1, 0.15) is 5.56 Å². The quantitative estimate of drug-likeness (QED) is 0.684. The maximum absolute atomic E-state index is 12.5. The molecule has 0 saturated heterocycles. The lowest BCUT2D eigenvalue weighted by Gasteiger charge is -2.19. The van der Waals surface area contributed by atoms with Crippen molar-refractivity contribution in [2.45, 2.75) is 37.9 Å². The van der Waals surface area contributed by atoms with Crippen LogP contribution in [0.2, 0.25) is 0 Å². The predicted octanol–water partition coefficient (Wildman–Crippen LogP) is 2.48. The zero-order valence-corrected chi connectivity index (χ0v) is 16.7. The number of carbonyl (C=O) groups is 1. The van der Waals surface area contributed by atoms with Crippen molar-refractivity contribution in [3.8, 4) is 5.69 Å². The van der Waals surface area contributed by atoms with Crippen molar-refractivity contribution in [2.75, 3.05) is 11.1 Å². The van der Waals surface area contributed by atoms with E-state index in [0.717, 1.165) is 17.1 Å². The van der Waals surface area contributed by atoms with Crippen LogP contribution in [0.1, 0.15) is 36.8 Å². The molecule has 3 aromatic rings. The van der Waals surface area contributed by atoms with E-state index in [1.807, 2.05) is 12.1 Å². The van der Waals surface area contributed by atoms with Crippen molar-refractivity contribution >= 4 is 23.4 Å². The lowest BCUT2D eigenvalue weighted by molar-refractivity contribution is 0.102. The molecule has 0 atom stereocenters. The van der Waals surface area contributed by atoms with Gasteiger partial charge in [0, 0.05) is 29.6 Å². The van der Waals surface area contributed by atoms with Crippen LogP contribution in [0.4, 0.5) is 5.69 Å². The van der Waals surface area contributed by atoms with Crippen LogP contribution in [0.15, 0.2) is 46.6 Å². The van der Waals surface area contributed by atoms with Crippen LogP contribution in [0, 0.1) is 0 Å². The summed E-state index contributed by atoms with van der Waals surface area (Å²) in [7, 11) is 0. The maximum Gasteiger partial charge on any atom is 0.267 e. The van der Waals surface area contributed by atoms with Gasteiger partial charge in [-0.25, -0.2) is 9.67 Å². The third-order valence-corrected chi connectivity index (χ3v) is 5.46. The lowest BCUT2D eigenvalue weighted by Crippen LogP contribution is -2.29. The summed E-state index contributed by atoms with van der Waals surface area (Å²) in [5.74, 6) is 0.335. The molecule has 1 aliphatic rings. The van der Waals surface area contributed by atoms with E-state index in [9.17, 15) is 9.59 Å². The molecule has 9 heteroatoms. The number of rotatable bonds is 3. The average molecular weight is 396 g/mol. The van der Waals surface area contributed by atoms with Gasteiger partial charge in [-0.2, -0.15) is 0 Å². The number of nitrogens with one attached hydrogen (secondary N) is 1. The summed E-state index contributed by atoms with van der Waals surface area (Å²) in [5.41, 5.74) is 2.06. The molecule has 4 rings (SSSR count). The topological polar surface area (TPSA) is 94.7 Å². The standard InChI is InChI=1S/C19H20N6O2S/c1-19(2,3)15-11-21-23-25(15)13-6-4-12(5-7-13)22-16(26)14-10-20-18-24(17(14)27)8-9-28-18/h4-7,10-11H,8-9H2,1-3H3,(H,22,26). The second-order valence-electron chi connectivity index (χ2n) is 7.54. The monoisotopic (exact) mass is 396 g/mol. The van der Waals surface area contributed by atoms with Gasteiger partial charge in [-0.05, 0) is 24.3 Å². The maximum atomic E-state index is 12.5. The van der Waals surface area contributed by atoms with Gasteiger partial charge in [-0.1, -0.05) is 37.7 Å². The molecule has 0 spiro atoms. The van der Waals surface area contributed by atoms with Crippen molar-refractivity contribution in [3.05, 3.63) is 58.3 Å². The van der Waals surface area contributed by atoms with Crippen LogP contribution in [0.25, 0.3) is 5.69 Å². The van der Waals surface area contributed by atoms with E-state index in [2.05, 4.69) is 41.4 Å². The Morgan fingerprint density at radius 1 is 1.18 bits per heavy atom. The van der Waals surface area contributed by atoms with Crippen molar-refractivity contribution < 1.29 is 4.79 Å². The molecule has 0 bridgehead atoms. The van der Waals surface area contributed by atoms with Gasteiger partial charge in [-0.15, -0.1) is 5.10 Å². The van der Waals surface area contributed by atoms with Crippen molar-refractivity contribution in [1.82, 2.24) is 24.5 Å². The highest BCUT2D eigenvalue weighted by atomic mass is 32.2. The molecule has 2 aromatic heterocycles. The van der Waals surface area contributed by atoms with E-state index < -0.39 is 5.91 Å². The molecule has 1 N–H and O–H groups in total. The smallest absolute Gasteiger partial charge is 0.267 e. The van der Waals surface area contributed by atoms with E-state index in [0.29, 0.717) is 17.4 Å². The molecule has 0 fully saturated rings. The summed E-state index contributed by atoms with van der Waals surface area (Å²) >= 11 is 1.52. The van der Waals surface area contributed by atoms with E-state index in [4.69, 9.17) is 0 Å². The summed E-state index contributed by atoms with van der Waals surface area (Å²) < 4.78 is 3.32. The number of benzene rings is 1. The Morgan fingerprint density at radius 2 is 1.93 bits per heavy atom. The number of hydrogen-bond acceptors (Lipinski definition) is 6. The first kappa shape index (κ1) is 18.4. The Balaban J connectivity index is 1.55. The van der Waals surface area contributed by atoms with Crippen LogP contribution in [0.3, 0.4) is 0 Å². The predicted molar refractivity (Wildman–Crippen MR) is 107 cm³/mol. The molecule has 1 aromatic carbocycles. The Kier molecular flexibility index (Phi) is 4.54. The third-order valence-electron chi connectivity index (χ3n) is 4.49. The molecule has 1 amide bonds. The first-order valence-electron chi connectivity index (χ1n) is 8.90. The highest BCUT2D eigenvalue weighted by molar-refractivity contribution is 7.99. The summed E-state index contributed by atoms with van der Waals surface area (Å²) in [5, 5.41) is 11.6. The average Bonchev–Trinajstić information content (AvgIpc) is 3.32. The van der Waals surface area contributed by atoms with Gasteiger partial charge in [0.15, 0.2) is 5.16 Å². The Morgan fingerprint density at radius 3 is 2.64 bits per heavy atom. The molecule has 3 heterocycles. The minimum absolute atomic E-state index is 0.0432. The van der Waals surface area contributed by atoms with Crippen LogP contribution in [-0.4, -0.2) is 36.2 Å². The van der Waals surface area contributed by atoms with Crippen molar-refractivity contribution in [3.63, 3.8) is 0 Å². The summed E-state index contributed by atoms with van der Waals surface area (Å²) in [6, 6.07) is 7.25. The summed E-state index contributed by atoms with van der Waals surface area (Å²) in [6.07, 6.45) is 3.10. The van der Waals surface area contributed by atoms with E-state index >= 15 is 0 Å². The van der Waals surface area contributed by atoms with Gasteiger partial charge in [0.2, 0.25) is 0 Å². The highest BCUT2D eigenvalue weighted by Gasteiger charge is 2.21. The van der Waals surface area contributed by atoms with Gasteiger partial charge in [0.05, 0.1) is 17.6 Å². The van der Waals surface area contributed by atoms with Crippen LogP contribution >= 0.6 is 11.8 Å². The Bertz CT molecular complexity index is 1090. The summed E-state index contributed by atoms with van der Waals surface area (Å²) in [6.45, 7) is 6.87. The summed E-state index contributed by atoms with van der Waals surface area (Å²) in [4.78, 5) is 29.2. The normalized spacial score (nSPS) is 13.4. The number of hydrogen-bond donors (Lipinski definition) is 1. The van der Waals surface area contributed by atoms with Crippen molar-refractivity contribution in [1.29, 1.82) is 0 Å². The number of aromatic nitrogens is 5. The molecule has 0 radical (unpaired) electrons. The number of carbonyl (C=O) groups excluding carboxylic acids is 1. The fourth-order valence-electron chi connectivity index (χ4n) is 2.99. The second kappa shape index (κ2) is 6.90. The fraction of sp³-hybridized carbons (Fsp3) is 0.316. The molecule has 1 aliphatic heterocycles. The van der Waals surface area contributed by atoms with Gasteiger partial charge in [0.25, 0.3) is 11.5 Å². The Labute approximate surface area is 166 Å². The number of amides is 1. The Hall–Kier alpha value is -2.94. The van der Waals surface area contributed by atoms with Crippen LogP contribution in [-0.2, 0) is 12.0 Å². The minimum Gasteiger partial charge on any atom is -0.322 e. The number of thioether (sulfide) groups is 1. The zero-order chi connectivity index (χ0) is 19.9. The molecular weight excluding hydrogens is 376 g/mol. The molecule has 0 saturated carbocycles. The molecule has 28 heavy (non-hydrogen) atoms. The number of anilines is 1. The second-order valence-corrected chi connectivity index (χ2v) is 8.60. The third kappa shape index (κ3) is 3.33.